The van der Waals surface area contributed by atoms with E-state index in [1.807, 2.05) is 78.9 Å². The van der Waals surface area contributed by atoms with Crippen molar-refractivity contribution in [1.82, 2.24) is 19.5 Å². The van der Waals surface area contributed by atoms with E-state index < -0.39 is 44.3 Å². The smallest absolute Gasteiger partial charge is 0.351 e. The highest BCUT2D eigenvalue weighted by atomic mass is 31.2. The number of ether oxygens (including phenoxy) is 4. The van der Waals surface area contributed by atoms with Crippen molar-refractivity contribution in [3.63, 3.8) is 0 Å². The molecule has 1 unspecified atom stereocenters. The first-order chi connectivity index (χ1) is 27.1. The average molecular weight is 785 g/mol. The molecule has 0 spiro atoms. The first-order valence-corrected chi connectivity index (χ1v) is 19.8. The highest BCUT2D eigenvalue weighted by Crippen LogP contribution is 2.50. The van der Waals surface area contributed by atoms with E-state index in [2.05, 4.69) is 54.1 Å². The highest BCUT2D eigenvalue weighted by Gasteiger charge is 2.45. The minimum Gasteiger partial charge on any atom is -0.497 e. The molecule has 2 N–H and O–H groups in total. The molecule has 15 heteroatoms. The number of aromatic nitrogens is 2. The van der Waals surface area contributed by atoms with Gasteiger partial charge in [-0.1, -0.05) is 54.6 Å². The summed E-state index contributed by atoms with van der Waals surface area (Å²) in [5.41, 5.74) is 1.48. The molecule has 2 aliphatic rings. The van der Waals surface area contributed by atoms with E-state index in [0.717, 1.165) is 16.7 Å². The second kappa shape index (κ2) is 18.4. The maximum Gasteiger partial charge on any atom is 0.351 e. The number of amides is 2. The highest BCUT2D eigenvalue weighted by molar-refractivity contribution is 7.44. The van der Waals surface area contributed by atoms with Gasteiger partial charge in [0.25, 0.3) is 8.53 Å². The molecule has 2 amide bonds. The Labute approximate surface area is 328 Å². The normalized spacial score (nSPS) is 18.6. The van der Waals surface area contributed by atoms with Crippen molar-refractivity contribution in [2.45, 2.75) is 83.2 Å². The average Bonchev–Trinajstić information content (AvgIpc) is 3.60. The molecule has 296 valence electrons. The molecule has 4 atom stereocenters. The van der Waals surface area contributed by atoms with Gasteiger partial charge in [-0.3, -0.25) is 9.88 Å². The molecule has 1 aromatic heterocycles. The van der Waals surface area contributed by atoms with Crippen LogP contribution < -0.4 is 25.8 Å². The van der Waals surface area contributed by atoms with Gasteiger partial charge in [-0.15, -0.1) is 0 Å². The van der Waals surface area contributed by atoms with Crippen LogP contribution in [0.15, 0.2) is 89.9 Å². The molecular formula is C41H49N6O8P. The van der Waals surface area contributed by atoms with Gasteiger partial charge >= 0.3 is 11.7 Å². The number of hydrogen-bond donors (Lipinski definition) is 2. The van der Waals surface area contributed by atoms with Gasteiger partial charge in [0.05, 0.1) is 46.0 Å². The molecule has 2 aliphatic heterocycles. The minimum absolute atomic E-state index is 0.0313. The number of anilines is 1. The molecule has 56 heavy (non-hydrogen) atoms. The predicted molar refractivity (Wildman–Crippen MR) is 211 cm³/mol. The van der Waals surface area contributed by atoms with Gasteiger partial charge in [0.15, 0.2) is 0 Å². The van der Waals surface area contributed by atoms with Crippen LogP contribution in [-0.2, 0) is 30.7 Å². The number of benzene rings is 3. The van der Waals surface area contributed by atoms with Crippen LogP contribution in [0.4, 0.5) is 10.6 Å². The van der Waals surface area contributed by atoms with Crippen LogP contribution in [0.2, 0.25) is 0 Å². The zero-order valence-electron chi connectivity index (χ0n) is 32.5. The van der Waals surface area contributed by atoms with Gasteiger partial charge in [0.1, 0.15) is 35.2 Å². The first-order valence-electron chi connectivity index (χ1n) is 18.6. The second-order valence-electron chi connectivity index (χ2n) is 14.0. The van der Waals surface area contributed by atoms with Crippen LogP contribution in [0.25, 0.3) is 0 Å². The quantitative estimate of drug-likeness (QED) is 0.0655. The maximum atomic E-state index is 13.5. The Morgan fingerprint density at radius 3 is 2.12 bits per heavy atom. The molecule has 14 nitrogen and oxygen atoms in total. The van der Waals surface area contributed by atoms with Gasteiger partial charge in [-0.25, -0.2) is 14.3 Å². The largest absolute Gasteiger partial charge is 0.497 e. The molecule has 3 heterocycles. The van der Waals surface area contributed by atoms with Gasteiger partial charge in [-0.05, 0) is 68.7 Å². The van der Waals surface area contributed by atoms with Crippen LogP contribution in [0.1, 0.15) is 69.0 Å². The predicted octanol–water partition coefficient (Wildman–Crippen LogP) is 6.85. The number of methoxy groups -OCH3 is 2. The van der Waals surface area contributed by atoms with Crippen molar-refractivity contribution in [2.75, 3.05) is 32.8 Å². The van der Waals surface area contributed by atoms with Gasteiger partial charge in [0.2, 0.25) is 0 Å². The Bertz CT molecular complexity index is 1970. The minimum atomic E-state index is -1.68. The number of nitrogens with one attached hydrogen (secondary N) is 2. The number of nitriles is 1. The molecule has 0 aliphatic carbocycles. The Morgan fingerprint density at radius 2 is 1.55 bits per heavy atom. The van der Waals surface area contributed by atoms with E-state index in [9.17, 15) is 14.9 Å². The number of carbonyl (C=O) groups excluding carboxylic acids is 1. The summed E-state index contributed by atoms with van der Waals surface area (Å²) in [6, 6.07) is 27.3. The summed E-state index contributed by atoms with van der Waals surface area (Å²) in [7, 11) is 1.57. The van der Waals surface area contributed by atoms with Crippen molar-refractivity contribution >= 4 is 20.4 Å². The molecule has 0 saturated carbocycles. The van der Waals surface area contributed by atoms with E-state index in [1.165, 1.54) is 4.57 Å². The SMILES string of the molecule is COc1ccc(C(OC[C@H]2O[C@@H](n3cc4c(nc3=O)NC(=O)NC4)C[C@@H]2OP(OCCC#N)N(C(C)C)C(C)C)(c2ccccc2)c2ccc(OC)cc2)cc1. The summed E-state index contributed by atoms with van der Waals surface area (Å²) >= 11 is 0. The van der Waals surface area contributed by atoms with E-state index >= 15 is 0 Å². The standard InChI is InChI=1S/C41H49N6O8P/c1-27(2)47(28(3)4)56(53-22-10-21-42)55-35-23-37(46-25-29-24-43-39(48)44-38(29)45-40(46)49)54-36(35)26-52-41(30-11-8-7-9-12-30,31-13-17-33(50-5)18-14-31)32-15-19-34(51-6)20-16-32/h7-9,11-20,25,27-28,35-37H,10,22-24,26H2,1-6H3,(H2,43,44,45,48,49)/t35-,36+,37+,56?/m0/s1. The van der Waals surface area contributed by atoms with Crippen molar-refractivity contribution in [2.24, 2.45) is 0 Å². The number of carbonyl (C=O) groups is 1. The third-order valence-corrected chi connectivity index (χ3v) is 11.9. The summed E-state index contributed by atoms with van der Waals surface area (Å²) in [5, 5.41) is 14.7. The molecule has 6 rings (SSSR count). The van der Waals surface area contributed by atoms with E-state index in [4.69, 9.17) is 28.0 Å². The number of fused-ring (bicyclic) bond motifs is 1. The third kappa shape index (κ3) is 8.89. The first kappa shape index (κ1) is 40.8. The third-order valence-electron chi connectivity index (χ3n) is 9.71. The molecule has 0 bridgehead atoms. The Balaban J connectivity index is 1.43. The van der Waals surface area contributed by atoms with E-state index in [0.29, 0.717) is 17.1 Å². The fourth-order valence-corrected chi connectivity index (χ4v) is 8.86. The zero-order chi connectivity index (χ0) is 39.8. The number of hydrogen-bond acceptors (Lipinski definition) is 11. The Hall–Kier alpha value is -4.87. The number of nitrogens with zero attached hydrogens (tertiary/aromatic N) is 4. The summed E-state index contributed by atoms with van der Waals surface area (Å²) in [4.78, 5) is 29.7. The number of rotatable bonds is 17. The van der Waals surface area contributed by atoms with Crippen molar-refractivity contribution in [3.05, 3.63) is 118 Å². The van der Waals surface area contributed by atoms with Crippen LogP contribution in [0, 0.1) is 11.3 Å². The van der Waals surface area contributed by atoms with E-state index in [1.54, 1.807) is 20.4 Å². The number of urea groups is 1. The fraction of sp³-hybridized carbons (Fsp3) is 0.415. The lowest BCUT2D eigenvalue weighted by Gasteiger charge is -2.39. The van der Waals surface area contributed by atoms with E-state index in [-0.39, 0.29) is 50.5 Å². The lowest BCUT2D eigenvalue weighted by molar-refractivity contribution is -0.0925. The van der Waals surface area contributed by atoms with Crippen molar-refractivity contribution in [1.29, 1.82) is 5.26 Å². The molecule has 4 aromatic rings. The van der Waals surface area contributed by atoms with Crippen molar-refractivity contribution < 1.29 is 32.8 Å². The summed E-state index contributed by atoms with van der Waals surface area (Å²) < 4.78 is 41.9. The monoisotopic (exact) mass is 784 g/mol. The van der Waals surface area contributed by atoms with Crippen LogP contribution >= 0.6 is 8.53 Å². The summed E-state index contributed by atoms with van der Waals surface area (Å²) in [5.74, 6) is 1.61. The molecule has 1 saturated heterocycles. The molecule has 3 aromatic carbocycles. The van der Waals surface area contributed by atoms with Crippen LogP contribution in [0.5, 0.6) is 11.5 Å². The zero-order valence-corrected chi connectivity index (χ0v) is 33.4. The fourth-order valence-electron chi connectivity index (χ4n) is 7.10. The van der Waals surface area contributed by atoms with Crippen LogP contribution in [-0.4, -0.2) is 72.0 Å². The van der Waals surface area contributed by atoms with Gasteiger partial charge < -0.3 is 33.3 Å². The molecule has 1 fully saturated rings. The summed E-state index contributed by atoms with van der Waals surface area (Å²) in [6.45, 7) is 8.72. The van der Waals surface area contributed by atoms with Crippen LogP contribution in [0.3, 0.4) is 0 Å². The maximum absolute atomic E-state index is 13.5. The Kier molecular flexibility index (Phi) is 13.4. The molecular weight excluding hydrogens is 735 g/mol. The van der Waals surface area contributed by atoms with Gasteiger partial charge in [0, 0.05) is 36.8 Å². The lowest BCUT2D eigenvalue weighted by atomic mass is 9.80. The Morgan fingerprint density at radius 1 is 0.946 bits per heavy atom. The van der Waals surface area contributed by atoms with Gasteiger partial charge in [-0.2, -0.15) is 10.2 Å². The van der Waals surface area contributed by atoms with Crippen molar-refractivity contribution in [3.8, 4) is 17.6 Å². The second-order valence-corrected chi connectivity index (χ2v) is 15.4. The lowest BCUT2D eigenvalue weighted by Crippen LogP contribution is -2.39. The summed E-state index contributed by atoms with van der Waals surface area (Å²) in [6.07, 6.45) is 0.0212. The topological polar surface area (TPSA) is 158 Å². The molecule has 0 radical (unpaired) electrons.